The van der Waals surface area contributed by atoms with Crippen LogP contribution in [0.4, 0.5) is 0 Å². The number of carbonyl (C=O) groups excluding carboxylic acids is 8. The zero-order chi connectivity index (χ0) is 90.1. The molecular formula is C85H161N7O28Y-2. The van der Waals surface area contributed by atoms with Gasteiger partial charge in [0.25, 0.3) is 0 Å². The molecule has 0 aromatic heterocycles. The number of methoxy groups -OCH3 is 1. The summed E-state index contributed by atoms with van der Waals surface area (Å²) in [5, 5.41) is 120. The van der Waals surface area contributed by atoms with Crippen molar-refractivity contribution in [3.63, 3.8) is 0 Å². The summed E-state index contributed by atoms with van der Waals surface area (Å²) in [6.45, 7) is 19.7. The van der Waals surface area contributed by atoms with Crippen LogP contribution in [-0.2, 0) is 114 Å². The van der Waals surface area contributed by atoms with Crippen LogP contribution in [0.5, 0.6) is 0 Å². The second-order valence-electron chi connectivity index (χ2n) is 31.7. The van der Waals surface area contributed by atoms with Crippen LogP contribution < -0.4 is 31.9 Å². The molecular weight excluding hydrogens is 1660 g/mol. The van der Waals surface area contributed by atoms with E-state index < -0.39 is 104 Å². The standard InChI is InChI=1S/C33H59N2O8.C19H36N2O7.C16H32N2O6.C16H31NO6.CH3O.Y/c1-5-14-28-21-30(38)23-35(28)32(40)16-13-11-9-7-6-8-10-12-15-29(37)22-33(24-41-4,25-42-19-17-27(2)36)26-43-20-18-31(39)34-3;1-3-7-15(23)20-9-6-10-21-16(24)8-4-5-11-27-19-13(2)17(25)18(26)14(12-22)28-19;1-11-14(21)15(22)12(10-19)24-16(11)23-9-4-3-6-13(20)18-8-5-7-17-2;1-3-4-8-17-13(19)7-5-6-9-22-16-11(2)14(20)15(21)12(10-18)23-16;1-2;/h28,30,38H,1,5-26H2,2-4H3,(H,34,39);13-14,17-19,22,25-26H,3-12H2,1-2H3,(H,20,23)(H,21,24);11-12,14-17,19,21-22H,3-10H2,1-2H3,(H,18,20);11-12,14-16,18,20-21H,3-10H2,1-2H3,(H,17,19);2H,1H2;/q-1;;;;-1;/t28?,30-,33?;;;;;/m1...../s1. The fourth-order valence-corrected chi connectivity index (χ4v) is 13.7. The van der Waals surface area contributed by atoms with Crippen LogP contribution in [0.3, 0.4) is 0 Å². The Balaban J connectivity index is 0. The molecule has 4 heterocycles. The summed E-state index contributed by atoms with van der Waals surface area (Å²) in [6.07, 6.45) is 11.3. The Morgan fingerprint density at radius 3 is 1.21 bits per heavy atom. The van der Waals surface area contributed by atoms with Gasteiger partial charge < -0.3 is 143 Å². The molecule has 0 aliphatic carbocycles. The van der Waals surface area contributed by atoms with Crippen LogP contribution in [0.15, 0.2) is 0 Å². The summed E-state index contributed by atoms with van der Waals surface area (Å²) < 4.78 is 50.2. The Labute approximate surface area is 746 Å². The fourth-order valence-electron chi connectivity index (χ4n) is 13.7. The zero-order valence-electron chi connectivity index (χ0n) is 74.6. The Morgan fingerprint density at radius 2 is 0.835 bits per heavy atom. The molecule has 0 saturated carbocycles. The van der Waals surface area contributed by atoms with E-state index in [2.05, 4.69) is 52.9 Å². The normalized spacial score (nSPS) is 24.7. The van der Waals surface area contributed by atoms with Gasteiger partial charge in [0.05, 0.1) is 77.3 Å². The summed E-state index contributed by atoms with van der Waals surface area (Å²) in [6, 6.07) is 0.142. The predicted molar refractivity (Wildman–Crippen MR) is 449 cm³/mol. The van der Waals surface area contributed by atoms with E-state index in [0.717, 1.165) is 103 Å². The third-order valence-electron chi connectivity index (χ3n) is 21.1. The number of likely N-dealkylation sites (tertiary alicyclic amines) is 1. The van der Waals surface area contributed by atoms with E-state index in [1.165, 1.54) is 6.92 Å². The molecule has 0 bridgehead atoms. The van der Waals surface area contributed by atoms with Gasteiger partial charge in [-0.15, -0.1) is 0 Å². The molecule has 4 fully saturated rings. The van der Waals surface area contributed by atoms with E-state index in [1.54, 1.807) is 34.9 Å². The molecule has 4 aliphatic rings. The number of hydrogen-bond donors (Lipinski definition) is 17. The van der Waals surface area contributed by atoms with E-state index in [-0.39, 0.29) is 151 Å². The SMILES string of the molecule is CCCC(=O)NCCCNC(=O)CCCCOC1OC(CO)C(O)C(O)C1C.CCCCNC(=O)CCCCOC1OC(CO)C(O)C(O)C1C.CNCCCNC(=O)CCCCOC1OC(CO)C(O)C(O)C1C.[CH2-]CCC1C[C@@H](O)CN1C(=O)CCCCCCCCCCC(=O)CC(COC)(COCCC(C)=O)COCCC(=O)NC.[CH2-]O.[Y]. The minimum Gasteiger partial charge on any atom is -0.569 e. The Hall–Kier alpha value is -3.58. The maximum atomic E-state index is 13.0. The number of unbranched alkanes of at least 4 members (excludes halogenated alkanes) is 11. The number of rotatable bonds is 61. The Kier molecular flexibility index (Phi) is 74.4. The monoisotopic (exact) mass is 1820 g/mol. The minimum absolute atomic E-state index is 0. The van der Waals surface area contributed by atoms with Gasteiger partial charge in [0.2, 0.25) is 35.4 Å². The fraction of sp³-hybridized carbons (Fsp3) is 0.882. The van der Waals surface area contributed by atoms with Crippen molar-refractivity contribution < 1.29 is 170 Å². The zero-order valence-corrected chi connectivity index (χ0v) is 77.4. The first-order valence-electron chi connectivity index (χ1n) is 44.0. The van der Waals surface area contributed by atoms with E-state index in [0.29, 0.717) is 142 Å². The largest absolute Gasteiger partial charge is 0.569 e. The average Bonchev–Trinajstić information content (AvgIpc) is 1.27. The molecule has 0 aromatic rings. The van der Waals surface area contributed by atoms with Gasteiger partial charge in [0, 0.05) is 186 Å². The Bertz CT molecular complexity index is 2640. The Morgan fingerprint density at radius 1 is 0.455 bits per heavy atom. The number of β-amino-alcohol motifs (C(OH)–C–C–N with tert-alkyl or cyclic N) is 1. The summed E-state index contributed by atoms with van der Waals surface area (Å²) in [5.41, 5.74) is -0.671. The van der Waals surface area contributed by atoms with E-state index in [4.69, 9.17) is 58.0 Å². The average molecular weight is 1820 g/mol. The molecule has 36 heteroatoms. The topological polar surface area (TPSA) is 518 Å². The van der Waals surface area contributed by atoms with Crippen molar-refractivity contribution in [3.8, 4) is 0 Å². The van der Waals surface area contributed by atoms with Gasteiger partial charge in [-0.05, 0) is 104 Å². The molecule has 4 aliphatic heterocycles. The van der Waals surface area contributed by atoms with Gasteiger partial charge in [0.1, 0.15) is 48.2 Å². The summed E-state index contributed by atoms with van der Waals surface area (Å²) in [4.78, 5) is 96.4. The first-order valence-corrected chi connectivity index (χ1v) is 44.0. The number of ketones is 2. The number of nitrogens with one attached hydrogen (secondary N) is 6. The number of aliphatic hydroxyl groups is 11. The van der Waals surface area contributed by atoms with Crippen LogP contribution in [0, 0.1) is 37.2 Å². The van der Waals surface area contributed by atoms with Crippen LogP contribution in [0.1, 0.15) is 241 Å². The van der Waals surface area contributed by atoms with Crippen molar-refractivity contribution in [1.82, 2.24) is 36.8 Å². The number of carbonyl (C=O) groups is 8. The van der Waals surface area contributed by atoms with Crippen molar-refractivity contribution in [3.05, 3.63) is 14.0 Å². The van der Waals surface area contributed by atoms with Gasteiger partial charge >= 0.3 is 0 Å². The van der Waals surface area contributed by atoms with Crippen molar-refractivity contribution in [2.24, 2.45) is 23.2 Å². The van der Waals surface area contributed by atoms with Crippen LogP contribution in [0.2, 0.25) is 0 Å². The van der Waals surface area contributed by atoms with Crippen molar-refractivity contribution in [2.75, 3.05) is 133 Å². The quantitative estimate of drug-likeness (QED) is 0.0307. The number of Topliss-reactive ketones (excluding diaryl/α,β-unsaturated/α-hetero) is 2. The molecule has 121 heavy (non-hydrogen) atoms. The van der Waals surface area contributed by atoms with E-state index in [9.17, 15) is 79.2 Å². The van der Waals surface area contributed by atoms with Crippen molar-refractivity contribution in [1.29, 1.82) is 0 Å². The number of ether oxygens (including phenoxy) is 9. The summed E-state index contributed by atoms with van der Waals surface area (Å²) in [5.74, 6) is -0.878. The summed E-state index contributed by atoms with van der Waals surface area (Å²) >= 11 is 0. The maximum Gasteiger partial charge on any atom is 0.222 e. The molecule has 35 nitrogen and oxygen atoms in total. The number of nitrogens with zero attached hydrogens (tertiary/aromatic N) is 1. The van der Waals surface area contributed by atoms with Gasteiger partial charge in [-0.2, -0.15) is 6.42 Å². The number of aliphatic hydroxyl groups excluding tert-OH is 11. The van der Waals surface area contributed by atoms with E-state index in [1.807, 2.05) is 18.9 Å². The molecule has 6 amide bonds. The van der Waals surface area contributed by atoms with Gasteiger partial charge in [-0.25, -0.2) is 7.11 Å². The first kappa shape index (κ1) is 119. The molecule has 0 spiro atoms. The van der Waals surface area contributed by atoms with Crippen molar-refractivity contribution in [2.45, 2.75) is 327 Å². The minimum atomic E-state index is -1.14. The molecule has 1 radical (unpaired) electrons. The van der Waals surface area contributed by atoms with E-state index >= 15 is 0 Å². The maximum absolute atomic E-state index is 13.0. The smallest absolute Gasteiger partial charge is 0.222 e. The second kappa shape index (κ2) is 75.4. The predicted octanol–water partition coefficient (Wildman–Crippen LogP) is 3.16. The molecule has 709 valence electrons. The number of hydrogen-bond acceptors (Lipinski definition) is 29. The van der Waals surface area contributed by atoms with Crippen LogP contribution in [-0.4, -0.2) is 327 Å². The van der Waals surface area contributed by atoms with Gasteiger partial charge in [-0.1, -0.05) is 86.0 Å². The van der Waals surface area contributed by atoms with Gasteiger partial charge in [0.15, 0.2) is 18.9 Å². The molecule has 4 saturated heterocycles. The third-order valence-corrected chi connectivity index (χ3v) is 21.1. The number of amides is 6. The third kappa shape index (κ3) is 54.4. The summed E-state index contributed by atoms with van der Waals surface area (Å²) in [7, 11) is 7.28. The van der Waals surface area contributed by atoms with Gasteiger partial charge in [-0.3, -0.25) is 38.4 Å². The second-order valence-corrected chi connectivity index (χ2v) is 31.7. The molecule has 17 N–H and O–H groups in total. The van der Waals surface area contributed by atoms with Crippen LogP contribution in [0.25, 0.3) is 0 Å². The first-order chi connectivity index (χ1) is 57.6. The molecule has 4 rings (SSSR count). The molecule has 0 aromatic carbocycles. The molecule has 17 unspecified atom stereocenters. The van der Waals surface area contributed by atoms with Crippen molar-refractivity contribution >= 4 is 47.0 Å². The molecule has 18 atom stereocenters. The van der Waals surface area contributed by atoms with Crippen LogP contribution >= 0.6 is 0 Å².